The molecule has 1 aromatic heterocycles. The highest BCUT2D eigenvalue weighted by Crippen LogP contribution is 2.24. The van der Waals surface area contributed by atoms with Gasteiger partial charge in [-0.15, -0.1) is 10.2 Å². The van der Waals surface area contributed by atoms with E-state index in [1.165, 1.54) is 41.3 Å². The Morgan fingerprint density at radius 2 is 1.87 bits per heavy atom. The number of ether oxygens (including phenoxy) is 1. The van der Waals surface area contributed by atoms with Gasteiger partial charge in [-0.25, -0.2) is 0 Å². The first-order chi connectivity index (χ1) is 14.7. The Morgan fingerprint density at radius 3 is 2.67 bits per heavy atom. The third-order valence-electron chi connectivity index (χ3n) is 5.52. The Balaban J connectivity index is 1.46. The van der Waals surface area contributed by atoms with Crippen molar-refractivity contribution in [3.05, 3.63) is 76.6 Å². The van der Waals surface area contributed by atoms with Crippen LogP contribution in [0, 0.1) is 0 Å². The summed E-state index contributed by atoms with van der Waals surface area (Å²) in [6.45, 7) is 1.24. The number of fused-ring (bicyclic) bond motifs is 1. The van der Waals surface area contributed by atoms with Crippen LogP contribution < -0.4 is 0 Å². The highest BCUT2D eigenvalue weighted by Gasteiger charge is 2.17. The van der Waals surface area contributed by atoms with Crippen LogP contribution in [0.1, 0.15) is 45.7 Å². The van der Waals surface area contributed by atoms with Gasteiger partial charge in [0.15, 0.2) is 10.9 Å². The van der Waals surface area contributed by atoms with Crippen molar-refractivity contribution >= 4 is 17.5 Å². The Hall–Kier alpha value is -2.44. The van der Waals surface area contributed by atoms with E-state index in [0.29, 0.717) is 25.3 Å². The van der Waals surface area contributed by atoms with Crippen LogP contribution in [0.5, 0.6) is 0 Å². The van der Waals surface area contributed by atoms with E-state index < -0.39 is 0 Å². The van der Waals surface area contributed by atoms with E-state index in [9.17, 15) is 4.79 Å². The molecule has 0 unspecified atom stereocenters. The number of carbonyl (C=O) groups is 1. The lowest BCUT2D eigenvalue weighted by molar-refractivity contribution is 0.102. The number of aromatic nitrogens is 3. The largest absolute Gasteiger partial charge is 0.383 e. The summed E-state index contributed by atoms with van der Waals surface area (Å²) >= 11 is 1.45. The molecule has 0 aliphatic heterocycles. The zero-order chi connectivity index (χ0) is 20.8. The highest BCUT2D eigenvalue weighted by atomic mass is 32.2. The fourth-order valence-electron chi connectivity index (χ4n) is 3.86. The number of rotatable bonds is 9. The molecule has 0 atom stereocenters. The van der Waals surface area contributed by atoms with E-state index in [1.54, 1.807) is 7.11 Å². The number of thioether (sulfide) groups is 1. The van der Waals surface area contributed by atoms with E-state index >= 15 is 0 Å². The Morgan fingerprint density at radius 1 is 1.07 bits per heavy atom. The third-order valence-corrected chi connectivity index (χ3v) is 6.49. The molecular formula is C24H27N3O2S. The van der Waals surface area contributed by atoms with Crippen molar-refractivity contribution < 1.29 is 9.53 Å². The molecule has 0 N–H and O–H groups in total. The van der Waals surface area contributed by atoms with Crippen molar-refractivity contribution in [1.82, 2.24) is 14.8 Å². The molecule has 0 fully saturated rings. The van der Waals surface area contributed by atoms with Crippen LogP contribution in [0.2, 0.25) is 0 Å². The summed E-state index contributed by atoms with van der Waals surface area (Å²) in [5.74, 6) is 1.39. The first-order valence-corrected chi connectivity index (χ1v) is 11.5. The van der Waals surface area contributed by atoms with Gasteiger partial charge >= 0.3 is 0 Å². The van der Waals surface area contributed by atoms with Gasteiger partial charge in [-0.3, -0.25) is 4.79 Å². The van der Waals surface area contributed by atoms with Crippen molar-refractivity contribution in [3.63, 3.8) is 0 Å². The molecule has 0 radical (unpaired) electrons. The summed E-state index contributed by atoms with van der Waals surface area (Å²) in [7, 11) is 1.69. The maximum Gasteiger partial charge on any atom is 0.191 e. The van der Waals surface area contributed by atoms with Gasteiger partial charge in [-0.05, 0) is 48.4 Å². The fraction of sp³-hybridized carbons (Fsp3) is 0.375. The second-order valence-corrected chi connectivity index (χ2v) is 8.55. The Kier molecular flexibility index (Phi) is 6.97. The van der Waals surface area contributed by atoms with E-state index in [4.69, 9.17) is 4.74 Å². The van der Waals surface area contributed by atoms with Gasteiger partial charge in [0.1, 0.15) is 5.82 Å². The van der Waals surface area contributed by atoms with Gasteiger partial charge in [0.2, 0.25) is 0 Å². The van der Waals surface area contributed by atoms with Crippen molar-refractivity contribution in [2.45, 2.75) is 43.8 Å². The Labute approximate surface area is 181 Å². The molecule has 0 bridgehead atoms. The second kappa shape index (κ2) is 10.0. The second-order valence-electron chi connectivity index (χ2n) is 7.61. The number of hydrogen-bond donors (Lipinski definition) is 0. The molecule has 1 aliphatic rings. The van der Waals surface area contributed by atoms with Crippen molar-refractivity contribution in [2.75, 3.05) is 19.5 Å². The molecule has 4 rings (SSSR count). The summed E-state index contributed by atoms with van der Waals surface area (Å²) in [4.78, 5) is 12.8. The van der Waals surface area contributed by atoms with Gasteiger partial charge in [0.25, 0.3) is 0 Å². The Bertz CT molecular complexity index is 1000. The van der Waals surface area contributed by atoms with Gasteiger partial charge < -0.3 is 9.30 Å². The highest BCUT2D eigenvalue weighted by molar-refractivity contribution is 7.99. The lowest BCUT2D eigenvalue weighted by atomic mass is 9.90. The number of Topliss-reactive ketones (excluding diaryl/α,β-unsaturated/α-hetero) is 1. The van der Waals surface area contributed by atoms with E-state index in [-0.39, 0.29) is 5.78 Å². The van der Waals surface area contributed by atoms with Crippen LogP contribution in [-0.4, -0.2) is 40.0 Å². The van der Waals surface area contributed by atoms with E-state index in [1.807, 2.05) is 24.3 Å². The summed E-state index contributed by atoms with van der Waals surface area (Å²) in [6, 6.07) is 16.4. The number of benzene rings is 2. The number of aryl methyl sites for hydroxylation is 2. The smallest absolute Gasteiger partial charge is 0.191 e. The fourth-order valence-corrected chi connectivity index (χ4v) is 4.74. The van der Waals surface area contributed by atoms with Crippen LogP contribution >= 0.6 is 11.8 Å². The van der Waals surface area contributed by atoms with Crippen molar-refractivity contribution in [3.8, 4) is 0 Å². The molecule has 2 aromatic carbocycles. The van der Waals surface area contributed by atoms with Gasteiger partial charge in [-0.1, -0.05) is 54.2 Å². The third kappa shape index (κ3) is 4.99. The molecule has 30 heavy (non-hydrogen) atoms. The first-order valence-electron chi connectivity index (χ1n) is 10.5. The van der Waals surface area contributed by atoms with Crippen LogP contribution in [0.15, 0.2) is 53.7 Å². The van der Waals surface area contributed by atoms with E-state index in [0.717, 1.165) is 29.4 Å². The van der Waals surface area contributed by atoms with Gasteiger partial charge in [0, 0.05) is 25.6 Å². The van der Waals surface area contributed by atoms with Crippen LogP contribution in [0.25, 0.3) is 0 Å². The van der Waals surface area contributed by atoms with Gasteiger partial charge in [0.05, 0.1) is 12.4 Å². The predicted molar refractivity (Wildman–Crippen MR) is 119 cm³/mol. The molecule has 0 saturated heterocycles. The molecule has 1 heterocycles. The minimum atomic E-state index is 0.138. The molecule has 5 nitrogen and oxygen atoms in total. The summed E-state index contributed by atoms with van der Waals surface area (Å²) in [6.07, 6.45) is 5.38. The number of methoxy groups -OCH3 is 1. The average Bonchev–Trinajstić information content (AvgIpc) is 3.17. The zero-order valence-electron chi connectivity index (χ0n) is 17.3. The molecule has 0 saturated carbocycles. The minimum Gasteiger partial charge on any atom is -0.383 e. The van der Waals surface area contributed by atoms with Crippen LogP contribution in [-0.2, 0) is 30.5 Å². The molecule has 6 heteroatoms. The summed E-state index contributed by atoms with van der Waals surface area (Å²) in [5.41, 5.74) is 4.72. The van der Waals surface area contributed by atoms with Crippen LogP contribution in [0.3, 0.4) is 0 Å². The number of hydrogen-bond acceptors (Lipinski definition) is 5. The zero-order valence-corrected chi connectivity index (χ0v) is 18.2. The summed E-state index contributed by atoms with van der Waals surface area (Å²) in [5, 5.41) is 9.54. The number of nitrogens with zero attached hydrogens (tertiary/aromatic N) is 3. The quantitative estimate of drug-likeness (QED) is 0.379. The van der Waals surface area contributed by atoms with E-state index in [2.05, 4.69) is 39.0 Å². The monoisotopic (exact) mass is 421 g/mol. The lowest BCUT2D eigenvalue weighted by Gasteiger charge is -2.16. The normalized spacial score (nSPS) is 13.2. The van der Waals surface area contributed by atoms with Crippen LogP contribution in [0.4, 0.5) is 0 Å². The molecule has 0 spiro atoms. The summed E-state index contributed by atoms with van der Waals surface area (Å²) < 4.78 is 7.34. The minimum absolute atomic E-state index is 0.138. The van der Waals surface area contributed by atoms with Crippen molar-refractivity contribution in [2.24, 2.45) is 0 Å². The molecule has 156 valence electrons. The predicted octanol–water partition coefficient (Wildman–Crippen LogP) is 4.37. The SMILES string of the molecule is COCCn1c(Cc2ccccc2)nnc1SCC(=O)c1ccc2c(c1)CCCC2. The number of ketones is 1. The average molecular weight is 422 g/mol. The topological polar surface area (TPSA) is 57.0 Å². The van der Waals surface area contributed by atoms with Gasteiger partial charge in [-0.2, -0.15) is 0 Å². The molecule has 3 aromatic rings. The molecule has 1 aliphatic carbocycles. The maximum absolute atomic E-state index is 12.8. The maximum atomic E-state index is 12.8. The molecule has 0 amide bonds. The lowest BCUT2D eigenvalue weighted by Crippen LogP contribution is -2.11. The number of carbonyl (C=O) groups excluding carboxylic acids is 1. The van der Waals surface area contributed by atoms with Crippen molar-refractivity contribution in [1.29, 1.82) is 0 Å². The molecular weight excluding hydrogens is 394 g/mol. The standard InChI is InChI=1S/C24H27N3O2S/c1-29-14-13-27-23(15-18-7-3-2-4-8-18)25-26-24(27)30-17-22(28)21-12-11-19-9-5-6-10-20(19)16-21/h2-4,7-8,11-12,16H,5-6,9-10,13-15,17H2,1H3. The first kappa shape index (κ1) is 20.8.